The summed E-state index contributed by atoms with van der Waals surface area (Å²) in [5, 5.41) is 1.01. The van der Waals surface area contributed by atoms with E-state index in [0.29, 0.717) is 27.2 Å². The van der Waals surface area contributed by atoms with Crippen molar-refractivity contribution in [3.05, 3.63) is 83.1 Å². The van der Waals surface area contributed by atoms with Crippen LogP contribution in [0.3, 0.4) is 0 Å². The number of nitrogens with zero attached hydrogens (tertiary/aromatic N) is 2. The summed E-state index contributed by atoms with van der Waals surface area (Å²) in [6.07, 6.45) is 1.60. The molecule has 0 saturated carbocycles. The predicted octanol–water partition coefficient (Wildman–Crippen LogP) is 4.69. The molecule has 0 N–H and O–H groups in total. The van der Waals surface area contributed by atoms with Crippen LogP contribution in [0.5, 0.6) is 0 Å². The standard InChI is InChI=1S/C22H17ClN2O4S/c1-14-5-9-17(10-6-14)30(27,28)25-19-13-16(21-18(23)4-3-11-24-21)8-7-15(19)12-20(25)22(26)29-2/h3-13H,1-2H3. The molecule has 8 heteroatoms. The minimum atomic E-state index is -4.07. The Morgan fingerprint density at radius 1 is 1.07 bits per heavy atom. The number of rotatable bonds is 4. The van der Waals surface area contributed by atoms with Crippen molar-refractivity contribution in [2.45, 2.75) is 11.8 Å². The third-order valence-electron chi connectivity index (χ3n) is 4.75. The van der Waals surface area contributed by atoms with E-state index in [1.807, 2.05) is 6.92 Å². The van der Waals surface area contributed by atoms with E-state index in [9.17, 15) is 13.2 Å². The van der Waals surface area contributed by atoms with Crippen molar-refractivity contribution in [2.24, 2.45) is 0 Å². The molecule has 4 rings (SSSR count). The van der Waals surface area contributed by atoms with Gasteiger partial charge in [0.25, 0.3) is 10.0 Å². The first kappa shape index (κ1) is 20.1. The summed E-state index contributed by atoms with van der Waals surface area (Å²) in [4.78, 5) is 16.8. The summed E-state index contributed by atoms with van der Waals surface area (Å²) in [5.41, 5.74) is 2.31. The van der Waals surface area contributed by atoms with Gasteiger partial charge in [-0.15, -0.1) is 0 Å². The number of ether oxygens (including phenoxy) is 1. The summed E-state index contributed by atoms with van der Waals surface area (Å²) in [6, 6.07) is 16.5. The van der Waals surface area contributed by atoms with Crippen molar-refractivity contribution in [1.82, 2.24) is 8.96 Å². The molecule has 0 amide bonds. The molecule has 0 spiro atoms. The lowest BCUT2D eigenvalue weighted by atomic mass is 10.1. The first-order valence-corrected chi connectivity index (χ1v) is 10.8. The number of esters is 1. The normalized spacial score (nSPS) is 11.6. The van der Waals surface area contributed by atoms with Crippen LogP contribution in [-0.2, 0) is 14.8 Å². The Labute approximate surface area is 178 Å². The lowest BCUT2D eigenvalue weighted by Crippen LogP contribution is -2.19. The summed E-state index contributed by atoms with van der Waals surface area (Å²) in [6.45, 7) is 1.87. The number of hydrogen-bond donors (Lipinski definition) is 0. The van der Waals surface area contributed by atoms with Crippen molar-refractivity contribution in [3.8, 4) is 11.3 Å². The van der Waals surface area contributed by atoms with Crippen LogP contribution < -0.4 is 0 Å². The molecule has 4 aromatic rings. The number of methoxy groups -OCH3 is 1. The Balaban J connectivity index is 2.02. The number of aryl methyl sites for hydroxylation is 1. The second-order valence-electron chi connectivity index (χ2n) is 6.71. The van der Waals surface area contributed by atoms with Crippen LogP contribution in [0.4, 0.5) is 0 Å². The molecule has 0 bridgehead atoms. The maximum Gasteiger partial charge on any atom is 0.355 e. The lowest BCUT2D eigenvalue weighted by molar-refractivity contribution is 0.0593. The van der Waals surface area contributed by atoms with Crippen LogP contribution >= 0.6 is 11.6 Å². The van der Waals surface area contributed by atoms with Crippen molar-refractivity contribution in [3.63, 3.8) is 0 Å². The number of halogens is 1. The van der Waals surface area contributed by atoms with Crippen LogP contribution in [0.15, 0.2) is 71.8 Å². The van der Waals surface area contributed by atoms with Crippen LogP contribution in [-0.4, -0.2) is 30.5 Å². The minimum Gasteiger partial charge on any atom is -0.464 e. The van der Waals surface area contributed by atoms with E-state index in [-0.39, 0.29) is 10.6 Å². The van der Waals surface area contributed by atoms with Gasteiger partial charge in [-0.3, -0.25) is 4.98 Å². The molecular weight excluding hydrogens is 424 g/mol. The quantitative estimate of drug-likeness (QED) is 0.430. The molecule has 6 nitrogen and oxygen atoms in total. The molecular formula is C22H17ClN2O4S. The van der Waals surface area contributed by atoms with Crippen LogP contribution in [0.25, 0.3) is 22.2 Å². The minimum absolute atomic E-state index is 0.0667. The molecule has 2 aromatic heterocycles. The fourth-order valence-corrected chi connectivity index (χ4v) is 4.97. The molecule has 30 heavy (non-hydrogen) atoms. The molecule has 2 aromatic carbocycles. The van der Waals surface area contributed by atoms with E-state index >= 15 is 0 Å². The molecule has 0 radical (unpaired) electrons. The predicted molar refractivity (Wildman–Crippen MR) is 115 cm³/mol. The van der Waals surface area contributed by atoms with E-state index in [1.54, 1.807) is 48.7 Å². The monoisotopic (exact) mass is 440 g/mol. The highest BCUT2D eigenvalue weighted by Crippen LogP contribution is 2.32. The Kier molecular flexibility index (Phi) is 5.09. The molecule has 0 atom stereocenters. The maximum absolute atomic E-state index is 13.5. The van der Waals surface area contributed by atoms with Gasteiger partial charge in [0.15, 0.2) is 0 Å². The second kappa shape index (κ2) is 7.59. The fourth-order valence-electron chi connectivity index (χ4n) is 3.24. The second-order valence-corrected chi connectivity index (χ2v) is 8.90. The Hall–Kier alpha value is -3.16. The third kappa shape index (κ3) is 3.36. The average molecular weight is 441 g/mol. The van der Waals surface area contributed by atoms with Crippen molar-refractivity contribution in [1.29, 1.82) is 0 Å². The van der Waals surface area contributed by atoms with E-state index < -0.39 is 16.0 Å². The van der Waals surface area contributed by atoms with Crippen LogP contribution in [0, 0.1) is 6.92 Å². The van der Waals surface area contributed by atoms with Crippen LogP contribution in [0.1, 0.15) is 16.1 Å². The van der Waals surface area contributed by atoms with Crippen molar-refractivity contribution < 1.29 is 17.9 Å². The van der Waals surface area contributed by atoms with E-state index in [2.05, 4.69) is 4.98 Å². The summed E-state index contributed by atoms with van der Waals surface area (Å²) in [7, 11) is -2.86. The molecule has 0 unspecified atom stereocenters. The summed E-state index contributed by atoms with van der Waals surface area (Å²) in [5.74, 6) is -0.751. The molecule has 0 aliphatic carbocycles. The van der Waals surface area contributed by atoms with Gasteiger partial charge in [0.1, 0.15) is 5.69 Å². The molecule has 152 valence electrons. The van der Waals surface area contributed by atoms with E-state index in [0.717, 1.165) is 9.54 Å². The lowest BCUT2D eigenvalue weighted by Gasteiger charge is -2.12. The molecule has 0 aliphatic heterocycles. The Morgan fingerprint density at radius 2 is 1.80 bits per heavy atom. The number of hydrogen-bond acceptors (Lipinski definition) is 5. The van der Waals surface area contributed by atoms with Gasteiger partial charge < -0.3 is 4.74 Å². The topological polar surface area (TPSA) is 78.3 Å². The van der Waals surface area contributed by atoms with Gasteiger partial charge in [-0.2, -0.15) is 0 Å². The van der Waals surface area contributed by atoms with Gasteiger partial charge in [-0.1, -0.05) is 41.4 Å². The Bertz CT molecular complexity index is 1380. The molecule has 2 heterocycles. The zero-order valence-electron chi connectivity index (χ0n) is 16.2. The molecule has 0 aliphatic rings. The van der Waals surface area contributed by atoms with E-state index in [1.165, 1.54) is 25.3 Å². The van der Waals surface area contributed by atoms with Crippen molar-refractivity contribution in [2.75, 3.05) is 7.11 Å². The number of carbonyl (C=O) groups excluding carboxylic acids is 1. The van der Waals surface area contributed by atoms with Gasteiger partial charge in [0, 0.05) is 17.1 Å². The van der Waals surface area contributed by atoms with Gasteiger partial charge in [-0.05, 0) is 43.3 Å². The maximum atomic E-state index is 13.5. The van der Waals surface area contributed by atoms with Gasteiger partial charge in [-0.25, -0.2) is 17.2 Å². The molecule has 0 saturated heterocycles. The zero-order chi connectivity index (χ0) is 21.5. The number of pyridine rings is 1. The van der Waals surface area contributed by atoms with E-state index in [4.69, 9.17) is 16.3 Å². The largest absolute Gasteiger partial charge is 0.464 e. The third-order valence-corrected chi connectivity index (χ3v) is 6.79. The fraction of sp³-hybridized carbons (Fsp3) is 0.0909. The van der Waals surface area contributed by atoms with Gasteiger partial charge in [0.2, 0.25) is 0 Å². The molecule has 0 fully saturated rings. The first-order valence-electron chi connectivity index (χ1n) is 9.00. The first-order chi connectivity index (χ1) is 14.3. The average Bonchev–Trinajstić information content (AvgIpc) is 3.13. The smallest absolute Gasteiger partial charge is 0.355 e. The van der Waals surface area contributed by atoms with Crippen molar-refractivity contribution >= 4 is 38.5 Å². The summed E-state index contributed by atoms with van der Waals surface area (Å²) >= 11 is 6.27. The van der Waals surface area contributed by atoms with Gasteiger partial charge >= 0.3 is 5.97 Å². The highest BCUT2D eigenvalue weighted by Gasteiger charge is 2.27. The summed E-state index contributed by atoms with van der Waals surface area (Å²) < 4.78 is 32.8. The van der Waals surface area contributed by atoms with Crippen LogP contribution in [0.2, 0.25) is 5.02 Å². The number of fused-ring (bicyclic) bond motifs is 1. The number of benzene rings is 2. The number of aromatic nitrogens is 2. The number of carbonyl (C=O) groups is 1. The highest BCUT2D eigenvalue weighted by atomic mass is 35.5. The zero-order valence-corrected chi connectivity index (χ0v) is 17.7. The SMILES string of the molecule is COC(=O)c1cc2ccc(-c3ncccc3Cl)cc2n1S(=O)(=O)c1ccc(C)cc1. The highest BCUT2D eigenvalue weighted by molar-refractivity contribution is 7.90. The Morgan fingerprint density at radius 3 is 2.47 bits per heavy atom. The van der Waals surface area contributed by atoms with Gasteiger partial charge in [0.05, 0.1) is 28.2 Å².